The summed E-state index contributed by atoms with van der Waals surface area (Å²) in [6.07, 6.45) is 4.90. The molecule has 2 N–H and O–H groups in total. The second-order valence-corrected chi connectivity index (χ2v) is 10.2. The van der Waals surface area contributed by atoms with Gasteiger partial charge in [0.05, 0.1) is 34.2 Å². The van der Waals surface area contributed by atoms with Crippen molar-refractivity contribution in [2.24, 2.45) is 13.0 Å². The first kappa shape index (κ1) is 23.7. The quantitative estimate of drug-likeness (QED) is 0.374. The van der Waals surface area contributed by atoms with Crippen LogP contribution in [-0.4, -0.2) is 58.0 Å². The zero-order valence-electron chi connectivity index (χ0n) is 21.2. The summed E-state index contributed by atoms with van der Waals surface area (Å²) in [6.45, 7) is 6.47. The van der Waals surface area contributed by atoms with E-state index < -0.39 is 11.6 Å². The van der Waals surface area contributed by atoms with E-state index >= 15 is 4.39 Å². The number of halogens is 1. The van der Waals surface area contributed by atoms with Gasteiger partial charge in [0, 0.05) is 38.2 Å². The van der Waals surface area contributed by atoms with E-state index in [4.69, 9.17) is 9.72 Å². The number of hydrogen-bond donors (Lipinski definition) is 2. The Bertz CT molecular complexity index is 1590. The molecular weight excluding hydrogens is 475 g/mol. The van der Waals surface area contributed by atoms with Crippen LogP contribution < -0.4 is 0 Å². The summed E-state index contributed by atoms with van der Waals surface area (Å²) in [5.74, 6) is -0.330. The summed E-state index contributed by atoms with van der Waals surface area (Å²) in [5.41, 5.74) is 4.87. The second-order valence-electron chi connectivity index (χ2n) is 10.2. The van der Waals surface area contributed by atoms with Crippen LogP contribution in [0.15, 0.2) is 30.6 Å². The highest BCUT2D eigenvalue weighted by Gasteiger charge is 2.36. The lowest BCUT2D eigenvalue weighted by molar-refractivity contribution is 0.0538. The van der Waals surface area contributed by atoms with Gasteiger partial charge in [-0.15, -0.1) is 5.10 Å². The number of aromatic nitrogens is 8. The maximum atomic E-state index is 15.4. The summed E-state index contributed by atoms with van der Waals surface area (Å²) in [4.78, 5) is 9.35. The molecular formula is C26H29FN8O2. The van der Waals surface area contributed by atoms with Crippen LogP contribution in [-0.2, 0) is 17.4 Å². The van der Waals surface area contributed by atoms with Gasteiger partial charge in [-0.05, 0) is 57.7 Å². The molecule has 11 heteroatoms. The number of nitrogens with zero attached hydrogens (tertiary/aromatic N) is 7. The summed E-state index contributed by atoms with van der Waals surface area (Å²) in [7, 11) is 1.84. The molecule has 6 heterocycles. The van der Waals surface area contributed by atoms with Crippen molar-refractivity contribution in [1.29, 1.82) is 0 Å². The van der Waals surface area contributed by atoms with Crippen LogP contribution in [0, 0.1) is 18.7 Å². The summed E-state index contributed by atoms with van der Waals surface area (Å²) < 4.78 is 24.9. The molecule has 0 radical (unpaired) electrons. The van der Waals surface area contributed by atoms with Crippen LogP contribution >= 0.6 is 0 Å². The number of rotatable bonds is 5. The van der Waals surface area contributed by atoms with Crippen molar-refractivity contribution in [2.45, 2.75) is 45.3 Å². The van der Waals surface area contributed by atoms with Crippen LogP contribution in [0.2, 0.25) is 0 Å². The molecule has 5 aromatic rings. The standard InChI is InChI=1S/C26H29FN8O2/c1-14-22(34(4)33-30-14)16-12-18-20(29-13-16)21-24(25(32-31-21)26(2,3)36)35(18)23(15-7-10-37-11-8-15)19-17(27)6-5-9-28-19/h5-6,9,12-13,15,23,36H,7-8,10-11H2,1-4H3,(H,31,32)/t23-/m0/s1. The lowest BCUT2D eigenvalue weighted by atomic mass is 9.88. The van der Waals surface area contributed by atoms with Gasteiger partial charge < -0.3 is 14.4 Å². The maximum Gasteiger partial charge on any atom is 0.146 e. The number of aromatic amines is 1. The molecule has 1 aliphatic heterocycles. The fraction of sp³-hybridized carbons (Fsp3) is 0.423. The molecule has 1 fully saturated rings. The van der Waals surface area contributed by atoms with Crippen LogP contribution in [0.25, 0.3) is 33.3 Å². The number of ether oxygens (including phenoxy) is 1. The van der Waals surface area contributed by atoms with Crippen molar-refractivity contribution < 1.29 is 14.2 Å². The van der Waals surface area contributed by atoms with E-state index in [2.05, 4.69) is 30.1 Å². The predicted molar refractivity (Wildman–Crippen MR) is 135 cm³/mol. The number of pyridine rings is 2. The molecule has 10 nitrogen and oxygen atoms in total. The molecule has 192 valence electrons. The Kier molecular flexibility index (Phi) is 5.57. The molecule has 0 spiro atoms. The van der Waals surface area contributed by atoms with Crippen LogP contribution in [0.5, 0.6) is 0 Å². The predicted octanol–water partition coefficient (Wildman–Crippen LogP) is 3.79. The monoisotopic (exact) mass is 504 g/mol. The fourth-order valence-corrected chi connectivity index (χ4v) is 5.59. The smallest absolute Gasteiger partial charge is 0.146 e. The van der Waals surface area contributed by atoms with Gasteiger partial charge in [-0.2, -0.15) is 5.10 Å². The Balaban J connectivity index is 1.72. The average molecular weight is 505 g/mol. The SMILES string of the molecule is Cc1nnn(C)c1-c1cnc2c3[nH]nc(C(C)(C)O)c3n([C@H](c3ncccc3F)C3CCOCC3)c2c1. The molecule has 0 saturated carbocycles. The molecule has 6 rings (SSSR count). The molecule has 0 unspecified atom stereocenters. The summed E-state index contributed by atoms with van der Waals surface area (Å²) in [5, 5.41) is 27.0. The maximum absolute atomic E-state index is 15.4. The van der Waals surface area contributed by atoms with Gasteiger partial charge in [0.2, 0.25) is 0 Å². The minimum absolute atomic E-state index is 0.0465. The minimum Gasteiger partial charge on any atom is -0.384 e. The zero-order chi connectivity index (χ0) is 25.9. The molecule has 1 aliphatic rings. The topological polar surface area (TPSA) is 120 Å². The van der Waals surface area contributed by atoms with Gasteiger partial charge in [0.15, 0.2) is 0 Å². The fourth-order valence-electron chi connectivity index (χ4n) is 5.59. The van der Waals surface area contributed by atoms with Gasteiger partial charge in [0.1, 0.15) is 28.1 Å². The van der Waals surface area contributed by atoms with E-state index in [0.717, 1.165) is 35.3 Å². The Morgan fingerprint density at radius 2 is 2.03 bits per heavy atom. The second kappa shape index (κ2) is 8.70. The third-order valence-electron chi connectivity index (χ3n) is 7.25. The highest BCUT2D eigenvalue weighted by molar-refractivity contribution is 6.05. The molecule has 1 atom stereocenters. The van der Waals surface area contributed by atoms with Gasteiger partial charge in [-0.3, -0.25) is 15.1 Å². The van der Waals surface area contributed by atoms with Crippen LogP contribution in [0.3, 0.4) is 0 Å². The number of fused-ring (bicyclic) bond motifs is 3. The largest absolute Gasteiger partial charge is 0.384 e. The van der Waals surface area contributed by atoms with Crippen molar-refractivity contribution in [1.82, 2.24) is 39.7 Å². The first-order chi connectivity index (χ1) is 17.8. The average Bonchev–Trinajstić information content (AvgIpc) is 3.54. The molecule has 0 aromatic carbocycles. The van der Waals surface area contributed by atoms with Crippen LogP contribution in [0.1, 0.15) is 49.8 Å². The number of aryl methyl sites for hydroxylation is 2. The summed E-state index contributed by atoms with van der Waals surface area (Å²) in [6, 6.07) is 4.61. The molecule has 0 amide bonds. The van der Waals surface area contributed by atoms with E-state index in [0.29, 0.717) is 41.2 Å². The molecule has 1 saturated heterocycles. The first-order valence-corrected chi connectivity index (χ1v) is 12.4. The molecule has 5 aromatic heterocycles. The number of hydrogen-bond acceptors (Lipinski definition) is 7. The van der Waals surface area contributed by atoms with Crippen molar-refractivity contribution in [3.05, 3.63) is 53.5 Å². The van der Waals surface area contributed by atoms with Crippen molar-refractivity contribution in [3.63, 3.8) is 0 Å². The Hall–Kier alpha value is -3.70. The lowest BCUT2D eigenvalue weighted by Crippen LogP contribution is -2.29. The Labute approximate surface area is 212 Å². The van der Waals surface area contributed by atoms with Gasteiger partial charge in [-0.1, -0.05) is 5.21 Å². The normalized spacial score (nSPS) is 16.2. The first-order valence-electron chi connectivity index (χ1n) is 12.4. The van der Waals surface area contributed by atoms with Gasteiger partial charge >= 0.3 is 0 Å². The van der Waals surface area contributed by atoms with E-state index in [9.17, 15) is 5.11 Å². The lowest BCUT2D eigenvalue weighted by Gasteiger charge is -2.32. The Morgan fingerprint density at radius 1 is 1.24 bits per heavy atom. The van der Waals surface area contributed by atoms with Crippen LogP contribution in [0.4, 0.5) is 4.39 Å². The summed E-state index contributed by atoms with van der Waals surface area (Å²) >= 11 is 0. The molecule has 0 aliphatic carbocycles. The van der Waals surface area contributed by atoms with Crippen molar-refractivity contribution in [3.8, 4) is 11.3 Å². The van der Waals surface area contributed by atoms with Crippen molar-refractivity contribution in [2.75, 3.05) is 13.2 Å². The van der Waals surface area contributed by atoms with Crippen molar-refractivity contribution >= 4 is 22.1 Å². The van der Waals surface area contributed by atoms with E-state index in [1.807, 2.05) is 20.0 Å². The van der Waals surface area contributed by atoms with E-state index in [-0.39, 0.29) is 11.7 Å². The molecule has 37 heavy (non-hydrogen) atoms. The number of nitrogens with one attached hydrogen (secondary N) is 1. The third kappa shape index (κ3) is 3.80. The minimum atomic E-state index is -1.25. The highest BCUT2D eigenvalue weighted by Crippen LogP contribution is 2.43. The number of aliphatic hydroxyl groups is 1. The zero-order valence-corrected chi connectivity index (χ0v) is 21.2. The molecule has 0 bridgehead atoms. The van der Waals surface area contributed by atoms with E-state index in [1.54, 1.807) is 37.0 Å². The highest BCUT2D eigenvalue weighted by atomic mass is 19.1. The number of H-pyrrole nitrogens is 1. The third-order valence-corrected chi connectivity index (χ3v) is 7.25. The van der Waals surface area contributed by atoms with Gasteiger partial charge in [0.25, 0.3) is 0 Å². The van der Waals surface area contributed by atoms with E-state index in [1.165, 1.54) is 6.07 Å². The Morgan fingerprint density at radius 3 is 2.70 bits per heavy atom. The van der Waals surface area contributed by atoms with Gasteiger partial charge in [-0.25, -0.2) is 9.07 Å².